The first-order valence-electron chi connectivity index (χ1n) is 5.73. The van der Waals surface area contributed by atoms with E-state index in [2.05, 4.69) is 12.2 Å². The van der Waals surface area contributed by atoms with Crippen LogP contribution in [0, 0.1) is 0 Å². The molecule has 14 heavy (non-hydrogen) atoms. The van der Waals surface area contributed by atoms with Crippen LogP contribution in [0.15, 0.2) is 0 Å². The van der Waals surface area contributed by atoms with Crippen LogP contribution >= 0.6 is 11.8 Å². The molecule has 1 heterocycles. The molecule has 0 aromatic carbocycles. The first kappa shape index (κ1) is 12.3. The average Bonchev–Trinajstić information content (AvgIpc) is 2.64. The van der Waals surface area contributed by atoms with E-state index >= 15 is 0 Å². The second-order valence-corrected chi connectivity index (χ2v) is 5.74. The highest BCUT2D eigenvalue weighted by Gasteiger charge is 2.14. The normalized spacial score (nSPS) is 26.4. The van der Waals surface area contributed by atoms with Gasteiger partial charge in [0.1, 0.15) is 0 Å². The molecule has 1 rings (SSSR count). The molecule has 3 heteroatoms. The largest absolute Gasteiger partial charge is 0.392 e. The summed E-state index contributed by atoms with van der Waals surface area (Å²) >= 11 is 1.89. The van der Waals surface area contributed by atoms with Crippen LogP contribution in [0.25, 0.3) is 0 Å². The minimum absolute atomic E-state index is 0.176. The number of aliphatic hydroxyl groups excluding tert-OH is 1. The van der Waals surface area contributed by atoms with Gasteiger partial charge in [0.25, 0.3) is 0 Å². The lowest BCUT2D eigenvalue weighted by Gasteiger charge is -2.14. The number of rotatable bonds is 6. The van der Waals surface area contributed by atoms with Gasteiger partial charge in [-0.3, -0.25) is 0 Å². The van der Waals surface area contributed by atoms with Crippen LogP contribution in [0.4, 0.5) is 0 Å². The van der Waals surface area contributed by atoms with E-state index in [9.17, 15) is 5.11 Å². The fraction of sp³-hybridized carbons (Fsp3) is 1.00. The van der Waals surface area contributed by atoms with Crippen molar-refractivity contribution in [3.8, 4) is 0 Å². The molecule has 0 aliphatic carbocycles. The van der Waals surface area contributed by atoms with E-state index in [4.69, 9.17) is 0 Å². The molecule has 3 unspecified atom stereocenters. The van der Waals surface area contributed by atoms with E-state index in [0.29, 0.717) is 5.25 Å². The molecule has 0 amide bonds. The van der Waals surface area contributed by atoms with E-state index < -0.39 is 0 Å². The Kier molecular flexibility index (Phi) is 5.90. The van der Waals surface area contributed by atoms with Crippen molar-refractivity contribution in [1.82, 2.24) is 5.32 Å². The molecule has 1 fully saturated rings. The van der Waals surface area contributed by atoms with Gasteiger partial charge in [0.05, 0.1) is 6.10 Å². The van der Waals surface area contributed by atoms with Gasteiger partial charge in [0.2, 0.25) is 0 Å². The zero-order valence-electron chi connectivity index (χ0n) is 9.33. The maximum Gasteiger partial charge on any atom is 0.0627 e. The second-order valence-electron chi connectivity index (χ2n) is 4.25. The van der Waals surface area contributed by atoms with Crippen molar-refractivity contribution in [3.63, 3.8) is 0 Å². The zero-order valence-corrected chi connectivity index (χ0v) is 10.1. The van der Waals surface area contributed by atoms with Crippen LogP contribution in [0.3, 0.4) is 0 Å². The number of hydrogen-bond acceptors (Lipinski definition) is 3. The first-order chi connectivity index (χ1) is 6.70. The van der Waals surface area contributed by atoms with E-state index in [1.807, 2.05) is 18.7 Å². The Labute approximate surface area is 91.9 Å². The van der Waals surface area contributed by atoms with Crippen molar-refractivity contribution in [2.24, 2.45) is 0 Å². The molecule has 3 atom stereocenters. The summed E-state index contributed by atoms with van der Waals surface area (Å²) in [6.07, 6.45) is 5.11. The maximum absolute atomic E-state index is 9.30. The molecular formula is C11H23NOS. The number of thioether (sulfide) groups is 1. The summed E-state index contributed by atoms with van der Waals surface area (Å²) < 4.78 is 0. The molecule has 2 N–H and O–H groups in total. The predicted molar refractivity (Wildman–Crippen MR) is 63.9 cm³/mol. The fourth-order valence-electron chi connectivity index (χ4n) is 1.74. The van der Waals surface area contributed by atoms with Crippen molar-refractivity contribution in [1.29, 1.82) is 0 Å². The first-order valence-corrected chi connectivity index (χ1v) is 6.78. The SMILES string of the molecule is CC(O)C(C)SCCCC1CCCN1. The van der Waals surface area contributed by atoms with Crippen molar-refractivity contribution in [2.45, 2.75) is 56.9 Å². The monoisotopic (exact) mass is 217 g/mol. The van der Waals surface area contributed by atoms with Crippen LogP contribution in [-0.4, -0.2) is 34.8 Å². The molecule has 2 nitrogen and oxygen atoms in total. The second kappa shape index (κ2) is 6.70. The average molecular weight is 217 g/mol. The lowest BCUT2D eigenvalue weighted by molar-refractivity contribution is 0.196. The third-order valence-electron chi connectivity index (χ3n) is 2.92. The molecule has 1 aliphatic heterocycles. The topological polar surface area (TPSA) is 32.3 Å². The molecule has 0 aromatic heterocycles. The van der Waals surface area contributed by atoms with Gasteiger partial charge in [0, 0.05) is 11.3 Å². The molecule has 0 spiro atoms. The number of hydrogen-bond donors (Lipinski definition) is 2. The molecule has 0 radical (unpaired) electrons. The minimum atomic E-state index is -0.176. The lowest BCUT2D eigenvalue weighted by atomic mass is 10.1. The smallest absolute Gasteiger partial charge is 0.0627 e. The summed E-state index contributed by atoms with van der Waals surface area (Å²) in [5.74, 6) is 1.18. The van der Waals surface area contributed by atoms with Gasteiger partial charge in [-0.2, -0.15) is 11.8 Å². The Morgan fingerprint density at radius 2 is 2.29 bits per heavy atom. The summed E-state index contributed by atoms with van der Waals surface area (Å²) in [7, 11) is 0. The lowest BCUT2D eigenvalue weighted by Crippen LogP contribution is -2.21. The maximum atomic E-state index is 9.30. The van der Waals surface area contributed by atoms with E-state index in [0.717, 1.165) is 6.04 Å². The standard InChI is InChI=1S/C11H23NOS/c1-9(13)10(2)14-8-4-6-11-5-3-7-12-11/h9-13H,3-8H2,1-2H3. The Morgan fingerprint density at radius 1 is 1.50 bits per heavy atom. The molecule has 0 bridgehead atoms. The summed E-state index contributed by atoms with van der Waals surface area (Å²) in [4.78, 5) is 0. The quantitative estimate of drug-likeness (QED) is 0.668. The van der Waals surface area contributed by atoms with Crippen LogP contribution in [-0.2, 0) is 0 Å². The highest BCUT2D eigenvalue weighted by atomic mass is 32.2. The Bertz CT molecular complexity index is 142. The number of nitrogens with one attached hydrogen (secondary N) is 1. The minimum Gasteiger partial charge on any atom is -0.392 e. The van der Waals surface area contributed by atoms with Crippen LogP contribution in [0.1, 0.15) is 39.5 Å². The Hall–Kier alpha value is 0.270. The molecule has 1 saturated heterocycles. The molecule has 0 saturated carbocycles. The summed E-state index contributed by atoms with van der Waals surface area (Å²) in [6, 6.07) is 0.775. The van der Waals surface area contributed by atoms with Crippen LogP contribution < -0.4 is 5.32 Å². The van der Waals surface area contributed by atoms with Gasteiger partial charge in [-0.05, 0) is 44.9 Å². The highest BCUT2D eigenvalue weighted by Crippen LogP contribution is 2.18. The van der Waals surface area contributed by atoms with Gasteiger partial charge >= 0.3 is 0 Å². The van der Waals surface area contributed by atoms with E-state index in [1.54, 1.807) is 0 Å². The molecule has 84 valence electrons. The van der Waals surface area contributed by atoms with Gasteiger partial charge in [0.15, 0.2) is 0 Å². The third-order valence-corrected chi connectivity index (χ3v) is 4.36. The zero-order chi connectivity index (χ0) is 10.4. The van der Waals surface area contributed by atoms with E-state index in [1.165, 1.54) is 38.0 Å². The Balaban J connectivity index is 1.93. The molecular weight excluding hydrogens is 194 g/mol. The highest BCUT2D eigenvalue weighted by molar-refractivity contribution is 7.99. The van der Waals surface area contributed by atoms with E-state index in [-0.39, 0.29) is 6.10 Å². The third kappa shape index (κ3) is 4.67. The van der Waals surface area contributed by atoms with Crippen molar-refractivity contribution in [3.05, 3.63) is 0 Å². The molecule has 0 aromatic rings. The summed E-state index contributed by atoms with van der Waals surface area (Å²) in [5, 5.41) is 13.2. The van der Waals surface area contributed by atoms with Gasteiger partial charge < -0.3 is 10.4 Å². The summed E-state index contributed by atoms with van der Waals surface area (Å²) in [5.41, 5.74) is 0. The van der Waals surface area contributed by atoms with Crippen molar-refractivity contribution >= 4 is 11.8 Å². The molecule has 1 aliphatic rings. The van der Waals surface area contributed by atoms with Gasteiger partial charge in [-0.1, -0.05) is 6.92 Å². The Morgan fingerprint density at radius 3 is 2.86 bits per heavy atom. The predicted octanol–water partition coefficient (Wildman–Crippen LogP) is 2.02. The van der Waals surface area contributed by atoms with Crippen molar-refractivity contribution in [2.75, 3.05) is 12.3 Å². The van der Waals surface area contributed by atoms with Gasteiger partial charge in [-0.15, -0.1) is 0 Å². The van der Waals surface area contributed by atoms with Gasteiger partial charge in [-0.25, -0.2) is 0 Å². The summed E-state index contributed by atoms with van der Waals surface area (Å²) in [6.45, 7) is 5.18. The number of aliphatic hydroxyl groups is 1. The van der Waals surface area contributed by atoms with Crippen molar-refractivity contribution < 1.29 is 5.11 Å². The van der Waals surface area contributed by atoms with Crippen LogP contribution in [0.2, 0.25) is 0 Å². The fourth-order valence-corrected chi connectivity index (χ4v) is 2.72. The van der Waals surface area contributed by atoms with Crippen LogP contribution in [0.5, 0.6) is 0 Å².